The Bertz CT molecular complexity index is 612. The fraction of sp³-hybridized carbons (Fsp3) is 0.500. The van der Waals surface area contributed by atoms with Crippen molar-refractivity contribution in [3.8, 4) is 5.75 Å². The molecule has 0 unspecified atom stereocenters. The molecule has 0 atom stereocenters. The molecule has 3 rings (SSSR count). The third kappa shape index (κ3) is 2.30. The number of hydrogen-bond donors (Lipinski definition) is 1. The van der Waals surface area contributed by atoms with Crippen LogP contribution in [0.1, 0.15) is 11.3 Å². The molecule has 20 heavy (non-hydrogen) atoms. The average Bonchev–Trinajstić information content (AvgIpc) is 2.73. The van der Waals surface area contributed by atoms with Crippen LogP contribution in [-0.2, 0) is 13.6 Å². The average molecular weight is 273 g/mol. The minimum atomic E-state index is 0.923. The van der Waals surface area contributed by atoms with E-state index in [4.69, 9.17) is 4.74 Å². The highest BCUT2D eigenvalue weighted by Crippen LogP contribution is 2.29. The van der Waals surface area contributed by atoms with Crippen LogP contribution in [0.5, 0.6) is 5.75 Å². The van der Waals surface area contributed by atoms with Crippen LogP contribution in [0.15, 0.2) is 18.2 Å². The minimum Gasteiger partial charge on any atom is -0.497 e. The summed E-state index contributed by atoms with van der Waals surface area (Å²) in [7, 11) is 3.86. The molecule has 108 valence electrons. The van der Waals surface area contributed by atoms with Gasteiger partial charge in [-0.1, -0.05) is 0 Å². The second-order valence-corrected chi connectivity index (χ2v) is 5.53. The third-order valence-corrected chi connectivity index (χ3v) is 4.42. The number of rotatable bonds is 3. The number of ether oxygens (including phenoxy) is 1. The molecular formula is C16H23N3O. The van der Waals surface area contributed by atoms with Crippen molar-refractivity contribution in [2.45, 2.75) is 13.5 Å². The van der Waals surface area contributed by atoms with Gasteiger partial charge < -0.3 is 14.6 Å². The predicted molar refractivity (Wildman–Crippen MR) is 82.4 cm³/mol. The second kappa shape index (κ2) is 5.46. The van der Waals surface area contributed by atoms with Crippen molar-refractivity contribution in [2.75, 3.05) is 33.3 Å². The van der Waals surface area contributed by atoms with Crippen LogP contribution in [0.2, 0.25) is 0 Å². The Morgan fingerprint density at radius 1 is 1.25 bits per heavy atom. The smallest absolute Gasteiger partial charge is 0.120 e. The molecule has 0 bridgehead atoms. The molecule has 1 saturated heterocycles. The highest BCUT2D eigenvalue weighted by molar-refractivity contribution is 5.86. The zero-order chi connectivity index (χ0) is 14.1. The maximum atomic E-state index is 5.34. The number of aromatic nitrogens is 1. The van der Waals surface area contributed by atoms with E-state index in [1.54, 1.807) is 7.11 Å². The molecule has 4 heteroatoms. The van der Waals surface area contributed by atoms with Gasteiger partial charge in [-0.2, -0.15) is 0 Å². The zero-order valence-electron chi connectivity index (χ0n) is 12.6. The van der Waals surface area contributed by atoms with Crippen LogP contribution in [0.25, 0.3) is 10.9 Å². The Morgan fingerprint density at radius 2 is 2.00 bits per heavy atom. The molecular weight excluding hydrogens is 250 g/mol. The van der Waals surface area contributed by atoms with Gasteiger partial charge in [-0.25, -0.2) is 0 Å². The lowest BCUT2D eigenvalue weighted by atomic mass is 10.1. The summed E-state index contributed by atoms with van der Waals surface area (Å²) in [5.74, 6) is 0.923. The Balaban J connectivity index is 1.99. The van der Waals surface area contributed by atoms with E-state index in [1.807, 2.05) is 0 Å². The third-order valence-electron chi connectivity index (χ3n) is 4.42. The molecule has 1 N–H and O–H groups in total. The lowest BCUT2D eigenvalue weighted by Gasteiger charge is -2.27. The molecule has 1 aliphatic rings. The molecule has 1 aliphatic heterocycles. The van der Waals surface area contributed by atoms with Crippen molar-refractivity contribution in [1.82, 2.24) is 14.8 Å². The van der Waals surface area contributed by atoms with Crippen LogP contribution < -0.4 is 10.1 Å². The number of nitrogens with one attached hydrogen (secondary N) is 1. The Kier molecular flexibility index (Phi) is 3.68. The van der Waals surface area contributed by atoms with Gasteiger partial charge in [-0.3, -0.25) is 4.90 Å². The van der Waals surface area contributed by atoms with E-state index in [-0.39, 0.29) is 0 Å². The number of piperazine rings is 1. The van der Waals surface area contributed by atoms with Crippen molar-refractivity contribution in [2.24, 2.45) is 7.05 Å². The zero-order valence-corrected chi connectivity index (χ0v) is 12.6. The molecule has 0 spiro atoms. The SMILES string of the molecule is COc1ccc2c(CN3CCNCC3)c(C)n(C)c2c1. The molecule has 0 aliphatic carbocycles. The van der Waals surface area contributed by atoms with Crippen molar-refractivity contribution >= 4 is 10.9 Å². The standard InChI is InChI=1S/C16H23N3O/c1-12-15(11-19-8-6-17-7-9-19)14-5-4-13(20-3)10-16(14)18(12)2/h4-5,10,17H,6-9,11H2,1-3H3. The fourth-order valence-corrected chi connectivity index (χ4v) is 3.04. The molecule has 0 amide bonds. The summed E-state index contributed by atoms with van der Waals surface area (Å²) in [6.45, 7) is 7.70. The predicted octanol–water partition coefficient (Wildman–Crippen LogP) is 1.90. The van der Waals surface area contributed by atoms with Crippen molar-refractivity contribution in [1.29, 1.82) is 0 Å². The van der Waals surface area contributed by atoms with Gasteiger partial charge in [0.2, 0.25) is 0 Å². The van der Waals surface area contributed by atoms with Gasteiger partial charge in [0.15, 0.2) is 0 Å². The quantitative estimate of drug-likeness (QED) is 0.926. The monoisotopic (exact) mass is 273 g/mol. The molecule has 1 aromatic heterocycles. The molecule has 1 fully saturated rings. The van der Waals surface area contributed by atoms with Gasteiger partial charge >= 0.3 is 0 Å². The van der Waals surface area contributed by atoms with Crippen LogP contribution in [0, 0.1) is 6.92 Å². The Hall–Kier alpha value is -1.52. The van der Waals surface area contributed by atoms with Gasteiger partial charge in [-0.05, 0) is 24.6 Å². The number of methoxy groups -OCH3 is 1. The van der Waals surface area contributed by atoms with Crippen molar-refractivity contribution < 1.29 is 4.74 Å². The van der Waals surface area contributed by atoms with E-state index < -0.39 is 0 Å². The largest absolute Gasteiger partial charge is 0.497 e. The van der Waals surface area contributed by atoms with Gasteiger partial charge in [0, 0.05) is 56.9 Å². The molecule has 4 nitrogen and oxygen atoms in total. The molecule has 1 aromatic carbocycles. The number of nitrogens with zero attached hydrogens (tertiary/aromatic N) is 2. The first-order valence-electron chi connectivity index (χ1n) is 7.25. The Morgan fingerprint density at radius 3 is 2.70 bits per heavy atom. The van der Waals surface area contributed by atoms with Gasteiger partial charge in [0.25, 0.3) is 0 Å². The first-order chi connectivity index (χ1) is 9.70. The summed E-state index contributed by atoms with van der Waals surface area (Å²) in [5, 5.41) is 4.76. The van der Waals surface area contributed by atoms with Gasteiger partial charge in [-0.15, -0.1) is 0 Å². The van der Waals surface area contributed by atoms with Crippen LogP contribution >= 0.6 is 0 Å². The van der Waals surface area contributed by atoms with Crippen LogP contribution in [-0.4, -0.2) is 42.8 Å². The van der Waals surface area contributed by atoms with E-state index in [0.717, 1.165) is 38.5 Å². The normalized spacial score (nSPS) is 16.8. The molecule has 0 saturated carbocycles. The van der Waals surface area contributed by atoms with Crippen molar-refractivity contribution in [3.05, 3.63) is 29.5 Å². The molecule has 2 heterocycles. The first-order valence-corrected chi connectivity index (χ1v) is 7.25. The number of fused-ring (bicyclic) bond motifs is 1. The Labute approximate surface area is 120 Å². The maximum Gasteiger partial charge on any atom is 0.120 e. The van der Waals surface area contributed by atoms with E-state index in [9.17, 15) is 0 Å². The van der Waals surface area contributed by atoms with E-state index in [0.29, 0.717) is 0 Å². The second-order valence-electron chi connectivity index (χ2n) is 5.53. The van der Waals surface area contributed by atoms with Crippen LogP contribution in [0.4, 0.5) is 0 Å². The molecule has 2 aromatic rings. The summed E-state index contributed by atoms with van der Waals surface area (Å²) in [6.07, 6.45) is 0. The summed E-state index contributed by atoms with van der Waals surface area (Å²) in [5.41, 5.74) is 4.06. The summed E-state index contributed by atoms with van der Waals surface area (Å²) in [6, 6.07) is 6.38. The highest BCUT2D eigenvalue weighted by Gasteiger charge is 2.17. The summed E-state index contributed by atoms with van der Waals surface area (Å²) in [4.78, 5) is 2.53. The number of hydrogen-bond acceptors (Lipinski definition) is 3. The molecule has 0 radical (unpaired) electrons. The lowest BCUT2D eigenvalue weighted by Crippen LogP contribution is -2.42. The van der Waals surface area contributed by atoms with E-state index in [2.05, 4.69) is 47.0 Å². The fourth-order valence-electron chi connectivity index (χ4n) is 3.04. The topological polar surface area (TPSA) is 29.4 Å². The highest BCUT2D eigenvalue weighted by atomic mass is 16.5. The maximum absolute atomic E-state index is 5.34. The minimum absolute atomic E-state index is 0.923. The summed E-state index contributed by atoms with van der Waals surface area (Å²) < 4.78 is 7.62. The number of benzene rings is 1. The van der Waals surface area contributed by atoms with Crippen molar-refractivity contribution in [3.63, 3.8) is 0 Å². The summed E-state index contributed by atoms with van der Waals surface area (Å²) >= 11 is 0. The van der Waals surface area contributed by atoms with E-state index >= 15 is 0 Å². The first kappa shape index (κ1) is 13.5. The number of aryl methyl sites for hydroxylation is 1. The van der Waals surface area contributed by atoms with E-state index in [1.165, 1.54) is 22.2 Å². The van der Waals surface area contributed by atoms with Gasteiger partial charge in [0.05, 0.1) is 12.6 Å². The van der Waals surface area contributed by atoms with Gasteiger partial charge in [0.1, 0.15) is 5.75 Å². The lowest BCUT2D eigenvalue weighted by molar-refractivity contribution is 0.233. The van der Waals surface area contributed by atoms with Crippen LogP contribution in [0.3, 0.4) is 0 Å².